The number of Topliss-reactive ketones (excluding diaryl/α,β-unsaturated/α-hetero) is 1. The van der Waals surface area contributed by atoms with Crippen molar-refractivity contribution in [2.45, 2.75) is 58.3 Å². The van der Waals surface area contributed by atoms with Gasteiger partial charge in [-0.05, 0) is 6.42 Å². The highest BCUT2D eigenvalue weighted by Gasteiger charge is 2.13. The van der Waals surface area contributed by atoms with E-state index in [2.05, 4.69) is 6.92 Å². The van der Waals surface area contributed by atoms with Crippen molar-refractivity contribution >= 4 is 17.7 Å². The first-order chi connectivity index (χ1) is 10.1. The zero-order valence-corrected chi connectivity index (χ0v) is 12.8. The van der Waals surface area contributed by atoms with Crippen molar-refractivity contribution in [3.05, 3.63) is 0 Å². The van der Waals surface area contributed by atoms with Gasteiger partial charge in [0.05, 0.1) is 13.0 Å². The highest BCUT2D eigenvalue weighted by atomic mass is 16.6. The molecule has 0 spiro atoms. The van der Waals surface area contributed by atoms with Gasteiger partial charge in [-0.25, -0.2) is 4.79 Å². The van der Waals surface area contributed by atoms with E-state index in [0.717, 1.165) is 12.8 Å². The molecule has 21 heavy (non-hydrogen) atoms. The van der Waals surface area contributed by atoms with Crippen molar-refractivity contribution in [3.8, 4) is 0 Å². The molecule has 0 aromatic rings. The maximum Gasteiger partial charge on any atom is 0.372 e. The van der Waals surface area contributed by atoms with Gasteiger partial charge in [-0.1, -0.05) is 39.0 Å². The number of carbonyl (C=O) groups excluding carboxylic acids is 2. The summed E-state index contributed by atoms with van der Waals surface area (Å²) in [5.41, 5.74) is 0. The average molecular weight is 302 g/mol. The van der Waals surface area contributed by atoms with Crippen molar-refractivity contribution in [1.29, 1.82) is 0 Å². The topological polar surface area (TPSA) is 89.9 Å². The molecular formula is C15H26O6. The third kappa shape index (κ3) is 13.3. The summed E-state index contributed by atoms with van der Waals surface area (Å²) >= 11 is 0. The average Bonchev–Trinajstić information content (AvgIpc) is 2.46. The standard InChI is InChI=1S/C15H26O6/c1-2-3-4-5-6-7-10-20-11-12-21-14(17)9-8-13(16)15(18)19/h2-12H2,1H3,(H,18,19). The third-order valence-electron chi connectivity index (χ3n) is 2.93. The molecule has 0 saturated carbocycles. The van der Waals surface area contributed by atoms with Gasteiger partial charge >= 0.3 is 11.9 Å². The minimum Gasteiger partial charge on any atom is -0.476 e. The second-order valence-corrected chi connectivity index (χ2v) is 4.83. The Balaban J connectivity index is 3.29. The lowest BCUT2D eigenvalue weighted by molar-refractivity contribution is -0.151. The third-order valence-corrected chi connectivity index (χ3v) is 2.93. The molecule has 0 aliphatic heterocycles. The molecule has 0 aliphatic carbocycles. The van der Waals surface area contributed by atoms with E-state index in [9.17, 15) is 14.4 Å². The van der Waals surface area contributed by atoms with E-state index in [1.54, 1.807) is 0 Å². The highest BCUT2D eigenvalue weighted by molar-refractivity contribution is 6.32. The maximum atomic E-state index is 11.2. The Bertz CT molecular complexity index is 313. The van der Waals surface area contributed by atoms with Crippen molar-refractivity contribution in [1.82, 2.24) is 0 Å². The number of carbonyl (C=O) groups is 3. The molecule has 6 nitrogen and oxygen atoms in total. The van der Waals surface area contributed by atoms with Crippen LogP contribution in [0.5, 0.6) is 0 Å². The second kappa shape index (κ2) is 13.5. The van der Waals surface area contributed by atoms with Crippen molar-refractivity contribution in [3.63, 3.8) is 0 Å². The van der Waals surface area contributed by atoms with Gasteiger partial charge in [0.15, 0.2) is 0 Å². The van der Waals surface area contributed by atoms with Gasteiger partial charge in [0.1, 0.15) is 6.61 Å². The fourth-order valence-electron chi connectivity index (χ4n) is 1.70. The van der Waals surface area contributed by atoms with E-state index in [1.807, 2.05) is 0 Å². The number of aliphatic carboxylic acids is 1. The summed E-state index contributed by atoms with van der Waals surface area (Å²) in [6.45, 7) is 3.30. The molecule has 0 heterocycles. The van der Waals surface area contributed by atoms with Gasteiger partial charge in [-0.3, -0.25) is 9.59 Å². The first-order valence-corrected chi connectivity index (χ1v) is 7.57. The van der Waals surface area contributed by atoms with E-state index >= 15 is 0 Å². The normalized spacial score (nSPS) is 10.3. The Kier molecular flexibility index (Phi) is 12.6. The Morgan fingerprint density at radius 1 is 0.857 bits per heavy atom. The van der Waals surface area contributed by atoms with Crippen LogP contribution in [-0.4, -0.2) is 42.6 Å². The Morgan fingerprint density at radius 3 is 2.19 bits per heavy atom. The summed E-state index contributed by atoms with van der Waals surface area (Å²) in [6, 6.07) is 0. The number of hydrogen-bond donors (Lipinski definition) is 1. The zero-order chi connectivity index (χ0) is 15.9. The lowest BCUT2D eigenvalue weighted by atomic mass is 10.1. The van der Waals surface area contributed by atoms with Crippen molar-refractivity contribution < 1.29 is 29.0 Å². The van der Waals surface area contributed by atoms with Crippen LogP contribution in [0.2, 0.25) is 0 Å². The fraction of sp³-hybridized carbons (Fsp3) is 0.800. The van der Waals surface area contributed by atoms with Crippen LogP contribution in [0, 0.1) is 0 Å². The smallest absolute Gasteiger partial charge is 0.372 e. The van der Waals surface area contributed by atoms with Crippen LogP contribution >= 0.6 is 0 Å². The number of carboxylic acid groups (broad SMARTS) is 1. The van der Waals surface area contributed by atoms with Crippen LogP contribution in [0.4, 0.5) is 0 Å². The fourth-order valence-corrected chi connectivity index (χ4v) is 1.70. The number of carboxylic acids is 1. The lowest BCUT2D eigenvalue weighted by Crippen LogP contribution is -2.16. The molecule has 0 fully saturated rings. The molecule has 6 heteroatoms. The molecule has 0 bridgehead atoms. The number of ketones is 1. The quantitative estimate of drug-likeness (QED) is 0.301. The van der Waals surface area contributed by atoms with Crippen LogP contribution in [0.3, 0.4) is 0 Å². The Morgan fingerprint density at radius 2 is 1.52 bits per heavy atom. The van der Waals surface area contributed by atoms with Gasteiger partial charge in [0, 0.05) is 13.0 Å². The first kappa shape index (κ1) is 19.6. The van der Waals surface area contributed by atoms with Gasteiger partial charge in [-0.15, -0.1) is 0 Å². The summed E-state index contributed by atoms with van der Waals surface area (Å²) in [6.07, 6.45) is 6.63. The van der Waals surface area contributed by atoms with E-state index in [4.69, 9.17) is 14.6 Å². The molecule has 0 unspecified atom stereocenters. The molecule has 0 aromatic carbocycles. The van der Waals surface area contributed by atoms with E-state index in [1.165, 1.54) is 25.7 Å². The summed E-state index contributed by atoms with van der Waals surface area (Å²) < 4.78 is 10.1. The molecule has 0 saturated heterocycles. The lowest BCUT2D eigenvalue weighted by Gasteiger charge is -2.06. The van der Waals surface area contributed by atoms with E-state index in [-0.39, 0.29) is 19.4 Å². The summed E-state index contributed by atoms with van der Waals surface area (Å²) in [5.74, 6) is -3.08. The van der Waals surface area contributed by atoms with Crippen LogP contribution in [0.25, 0.3) is 0 Å². The molecule has 0 aromatic heterocycles. The van der Waals surface area contributed by atoms with Crippen molar-refractivity contribution in [2.75, 3.05) is 19.8 Å². The minimum absolute atomic E-state index is 0.135. The number of unbranched alkanes of at least 4 members (excludes halogenated alkanes) is 5. The van der Waals surface area contributed by atoms with Gasteiger partial charge < -0.3 is 14.6 Å². The molecule has 0 radical (unpaired) electrons. The monoisotopic (exact) mass is 302 g/mol. The second-order valence-electron chi connectivity index (χ2n) is 4.83. The van der Waals surface area contributed by atoms with Gasteiger partial charge in [0.2, 0.25) is 5.78 Å². The summed E-state index contributed by atoms with van der Waals surface area (Å²) in [7, 11) is 0. The summed E-state index contributed by atoms with van der Waals surface area (Å²) in [5, 5.41) is 8.34. The molecule has 122 valence electrons. The minimum atomic E-state index is -1.52. The first-order valence-electron chi connectivity index (χ1n) is 7.57. The molecule has 0 atom stereocenters. The highest BCUT2D eigenvalue weighted by Crippen LogP contribution is 2.04. The molecule has 0 aliphatic rings. The Labute approximate surface area is 125 Å². The largest absolute Gasteiger partial charge is 0.476 e. The van der Waals surface area contributed by atoms with E-state index < -0.39 is 17.7 Å². The predicted molar refractivity (Wildman–Crippen MR) is 77.0 cm³/mol. The molecule has 0 amide bonds. The maximum absolute atomic E-state index is 11.2. The Hall–Kier alpha value is -1.43. The molecular weight excluding hydrogens is 276 g/mol. The van der Waals surface area contributed by atoms with Gasteiger partial charge in [-0.2, -0.15) is 0 Å². The van der Waals surface area contributed by atoms with Crippen LogP contribution in [0.1, 0.15) is 58.3 Å². The number of hydrogen-bond acceptors (Lipinski definition) is 5. The van der Waals surface area contributed by atoms with E-state index in [0.29, 0.717) is 13.2 Å². The van der Waals surface area contributed by atoms with Crippen LogP contribution in [-0.2, 0) is 23.9 Å². The zero-order valence-electron chi connectivity index (χ0n) is 12.8. The molecule has 1 N–H and O–H groups in total. The van der Waals surface area contributed by atoms with Gasteiger partial charge in [0.25, 0.3) is 0 Å². The predicted octanol–water partition coefficient (Wildman–Crippen LogP) is 2.34. The van der Waals surface area contributed by atoms with Crippen LogP contribution in [0.15, 0.2) is 0 Å². The number of rotatable bonds is 14. The summed E-state index contributed by atoms with van der Waals surface area (Å²) in [4.78, 5) is 32.2. The van der Waals surface area contributed by atoms with Crippen LogP contribution < -0.4 is 0 Å². The molecule has 0 rings (SSSR count). The number of ether oxygens (including phenoxy) is 2. The SMILES string of the molecule is CCCCCCCCOCCOC(=O)CCC(=O)C(=O)O. The van der Waals surface area contributed by atoms with Crippen molar-refractivity contribution in [2.24, 2.45) is 0 Å². The number of esters is 1.